The van der Waals surface area contributed by atoms with Gasteiger partial charge >= 0.3 is 0 Å². The molecule has 0 saturated carbocycles. The predicted octanol–water partition coefficient (Wildman–Crippen LogP) is 3.70. The van der Waals surface area contributed by atoms with Crippen LogP contribution in [0.5, 0.6) is 5.75 Å². The Balaban J connectivity index is 1.48. The number of ether oxygens (including phenoxy) is 2. The van der Waals surface area contributed by atoms with Gasteiger partial charge in [-0.25, -0.2) is 0 Å². The zero-order valence-corrected chi connectivity index (χ0v) is 13.9. The molecular formula is C18H26ClNO2. The normalized spacial score (nSPS) is 25.7. The molecule has 1 aromatic rings. The minimum Gasteiger partial charge on any atom is -0.494 e. The van der Waals surface area contributed by atoms with E-state index in [4.69, 9.17) is 21.1 Å². The lowest BCUT2D eigenvalue weighted by atomic mass is 9.88. The molecule has 0 aromatic heterocycles. The number of fused-ring (bicyclic) bond motifs is 1. The Morgan fingerprint density at radius 3 is 2.91 bits per heavy atom. The van der Waals surface area contributed by atoms with E-state index in [1.807, 2.05) is 0 Å². The Labute approximate surface area is 138 Å². The van der Waals surface area contributed by atoms with E-state index in [2.05, 4.69) is 29.2 Å². The number of benzene rings is 1. The van der Waals surface area contributed by atoms with Gasteiger partial charge in [0.1, 0.15) is 5.75 Å². The lowest BCUT2D eigenvalue weighted by Gasteiger charge is -2.41. The number of hydrogen-bond donors (Lipinski definition) is 0. The minimum absolute atomic E-state index is 0.516. The molecule has 2 heterocycles. The Bertz CT molecular complexity index is 451. The fourth-order valence-corrected chi connectivity index (χ4v) is 3.61. The van der Waals surface area contributed by atoms with Gasteiger partial charge in [0.15, 0.2) is 0 Å². The van der Waals surface area contributed by atoms with E-state index < -0.39 is 0 Å². The molecule has 0 radical (unpaired) electrons. The predicted molar refractivity (Wildman–Crippen MR) is 89.6 cm³/mol. The van der Waals surface area contributed by atoms with Crippen molar-refractivity contribution in [3.05, 3.63) is 29.8 Å². The first-order chi connectivity index (χ1) is 10.8. The van der Waals surface area contributed by atoms with E-state index in [1.165, 1.54) is 31.4 Å². The number of halogens is 1. The fourth-order valence-electron chi connectivity index (χ4n) is 3.50. The first kappa shape index (κ1) is 16.1. The summed E-state index contributed by atoms with van der Waals surface area (Å²) in [6.45, 7) is 5.02. The lowest BCUT2D eigenvalue weighted by Crippen LogP contribution is -2.45. The highest BCUT2D eigenvalue weighted by Crippen LogP contribution is 2.29. The molecule has 0 aliphatic carbocycles. The molecule has 2 saturated heterocycles. The van der Waals surface area contributed by atoms with Crippen LogP contribution in [-0.2, 0) is 11.3 Å². The van der Waals surface area contributed by atoms with Crippen LogP contribution in [0.4, 0.5) is 0 Å². The van der Waals surface area contributed by atoms with Crippen molar-refractivity contribution in [2.75, 3.05) is 32.2 Å². The highest BCUT2D eigenvalue weighted by molar-refractivity contribution is 6.17. The third kappa shape index (κ3) is 4.37. The lowest BCUT2D eigenvalue weighted by molar-refractivity contribution is -0.0676. The third-order valence-electron chi connectivity index (χ3n) is 4.68. The molecule has 0 bridgehead atoms. The van der Waals surface area contributed by atoms with Crippen molar-refractivity contribution in [2.45, 2.75) is 38.3 Å². The van der Waals surface area contributed by atoms with Crippen molar-refractivity contribution in [3.8, 4) is 5.75 Å². The maximum atomic E-state index is 5.89. The van der Waals surface area contributed by atoms with Crippen molar-refractivity contribution in [1.82, 2.24) is 4.90 Å². The number of hydrogen-bond acceptors (Lipinski definition) is 3. The van der Waals surface area contributed by atoms with Crippen LogP contribution in [0.15, 0.2) is 24.3 Å². The van der Waals surface area contributed by atoms with Gasteiger partial charge in [-0.3, -0.25) is 4.90 Å². The SMILES string of the molecule is ClCCCOc1ccc(CN2CC[C@@H]3OCCC[C@@H]3C2)cc1. The average Bonchev–Trinajstić information content (AvgIpc) is 2.57. The topological polar surface area (TPSA) is 21.7 Å². The van der Waals surface area contributed by atoms with Crippen LogP contribution in [0.3, 0.4) is 0 Å². The van der Waals surface area contributed by atoms with Crippen molar-refractivity contribution < 1.29 is 9.47 Å². The molecule has 1 aromatic carbocycles. The number of piperidine rings is 1. The molecule has 3 rings (SSSR count). The summed E-state index contributed by atoms with van der Waals surface area (Å²) in [6, 6.07) is 8.50. The summed E-state index contributed by atoms with van der Waals surface area (Å²) in [5.74, 6) is 2.33. The molecule has 122 valence electrons. The smallest absolute Gasteiger partial charge is 0.119 e. The van der Waals surface area contributed by atoms with E-state index in [9.17, 15) is 0 Å². The van der Waals surface area contributed by atoms with Crippen LogP contribution >= 0.6 is 11.6 Å². The molecule has 0 spiro atoms. The molecule has 2 atom stereocenters. The average molecular weight is 324 g/mol. The Morgan fingerprint density at radius 1 is 1.23 bits per heavy atom. The minimum atomic E-state index is 0.516. The zero-order chi connectivity index (χ0) is 15.2. The highest BCUT2D eigenvalue weighted by atomic mass is 35.5. The third-order valence-corrected chi connectivity index (χ3v) is 4.94. The quantitative estimate of drug-likeness (QED) is 0.588. The van der Waals surface area contributed by atoms with E-state index in [1.54, 1.807) is 0 Å². The summed E-state index contributed by atoms with van der Waals surface area (Å²) < 4.78 is 11.5. The second-order valence-corrected chi connectivity index (χ2v) is 6.75. The first-order valence-corrected chi connectivity index (χ1v) is 9.00. The van der Waals surface area contributed by atoms with E-state index >= 15 is 0 Å². The van der Waals surface area contributed by atoms with E-state index in [0.717, 1.165) is 37.8 Å². The largest absolute Gasteiger partial charge is 0.494 e. The number of rotatable bonds is 6. The molecule has 22 heavy (non-hydrogen) atoms. The summed E-state index contributed by atoms with van der Waals surface area (Å²) in [6.07, 6.45) is 5.15. The summed E-state index contributed by atoms with van der Waals surface area (Å²) in [4.78, 5) is 2.57. The highest BCUT2D eigenvalue weighted by Gasteiger charge is 2.31. The first-order valence-electron chi connectivity index (χ1n) is 8.47. The zero-order valence-electron chi connectivity index (χ0n) is 13.2. The Hall–Kier alpha value is -0.770. The van der Waals surface area contributed by atoms with Gasteiger partial charge < -0.3 is 9.47 Å². The van der Waals surface area contributed by atoms with Crippen molar-refractivity contribution in [3.63, 3.8) is 0 Å². The van der Waals surface area contributed by atoms with Gasteiger partial charge in [0, 0.05) is 32.1 Å². The van der Waals surface area contributed by atoms with Gasteiger partial charge in [-0.2, -0.15) is 0 Å². The fraction of sp³-hybridized carbons (Fsp3) is 0.667. The van der Waals surface area contributed by atoms with Gasteiger partial charge in [0.2, 0.25) is 0 Å². The standard InChI is InChI=1S/C18H26ClNO2/c19-9-2-12-21-17-6-4-15(5-7-17)13-20-10-8-18-16(14-20)3-1-11-22-18/h4-7,16,18H,1-3,8-14H2/t16-,18+/m1/s1. The summed E-state index contributed by atoms with van der Waals surface area (Å²) in [5, 5.41) is 0. The number of likely N-dealkylation sites (tertiary alicyclic amines) is 1. The second kappa shape index (κ2) is 8.19. The molecule has 0 unspecified atom stereocenters. The van der Waals surface area contributed by atoms with Crippen LogP contribution in [0.1, 0.15) is 31.2 Å². The number of nitrogens with zero attached hydrogens (tertiary/aromatic N) is 1. The Morgan fingerprint density at radius 2 is 2.09 bits per heavy atom. The second-order valence-electron chi connectivity index (χ2n) is 6.37. The number of alkyl halides is 1. The van der Waals surface area contributed by atoms with Gasteiger partial charge in [0.05, 0.1) is 12.7 Å². The molecule has 2 fully saturated rings. The van der Waals surface area contributed by atoms with Gasteiger partial charge in [-0.1, -0.05) is 12.1 Å². The molecule has 2 aliphatic rings. The molecule has 0 amide bonds. The van der Waals surface area contributed by atoms with E-state index in [-0.39, 0.29) is 0 Å². The molecule has 0 N–H and O–H groups in total. The maximum absolute atomic E-state index is 5.89. The van der Waals surface area contributed by atoms with Crippen molar-refractivity contribution in [1.29, 1.82) is 0 Å². The summed E-state index contributed by atoms with van der Waals surface area (Å²) in [7, 11) is 0. The van der Waals surface area contributed by atoms with Gasteiger partial charge in [-0.15, -0.1) is 11.6 Å². The van der Waals surface area contributed by atoms with Crippen LogP contribution in [0.25, 0.3) is 0 Å². The summed E-state index contributed by atoms with van der Waals surface area (Å²) >= 11 is 5.66. The summed E-state index contributed by atoms with van der Waals surface area (Å²) in [5.41, 5.74) is 1.36. The van der Waals surface area contributed by atoms with Crippen LogP contribution in [0, 0.1) is 5.92 Å². The van der Waals surface area contributed by atoms with E-state index in [0.29, 0.717) is 18.6 Å². The van der Waals surface area contributed by atoms with Crippen molar-refractivity contribution in [2.24, 2.45) is 5.92 Å². The van der Waals surface area contributed by atoms with Gasteiger partial charge in [0.25, 0.3) is 0 Å². The molecule has 4 heteroatoms. The molecular weight excluding hydrogens is 298 g/mol. The van der Waals surface area contributed by atoms with Crippen LogP contribution < -0.4 is 4.74 Å². The van der Waals surface area contributed by atoms with Gasteiger partial charge in [-0.05, 0) is 49.3 Å². The van der Waals surface area contributed by atoms with Crippen molar-refractivity contribution >= 4 is 11.6 Å². The van der Waals surface area contributed by atoms with Crippen LogP contribution in [-0.4, -0.2) is 43.2 Å². The monoisotopic (exact) mass is 323 g/mol. The molecule has 2 aliphatic heterocycles. The Kier molecular flexibility index (Phi) is 5.99. The van der Waals surface area contributed by atoms with Crippen LogP contribution in [0.2, 0.25) is 0 Å². The molecule has 3 nitrogen and oxygen atoms in total. The maximum Gasteiger partial charge on any atom is 0.119 e.